The Morgan fingerprint density at radius 3 is 1.64 bits per heavy atom. The summed E-state index contributed by atoms with van der Waals surface area (Å²) in [5.74, 6) is 0.731. The van der Waals surface area contributed by atoms with E-state index in [4.69, 9.17) is 9.97 Å². The molecule has 9 aromatic rings. The summed E-state index contributed by atoms with van der Waals surface area (Å²) in [4.78, 5) is 10.7. The third-order valence-corrected chi connectivity index (χ3v) is 15.8. The van der Waals surface area contributed by atoms with Crippen LogP contribution >= 0.6 is 0 Å². The van der Waals surface area contributed by atoms with Crippen LogP contribution in [0.3, 0.4) is 0 Å². The average Bonchev–Trinajstić information content (AvgIpc) is 3.80. The summed E-state index contributed by atoms with van der Waals surface area (Å²) in [6.45, 7) is 0. The number of fused-ring (bicyclic) bond motifs is 13. The molecule has 2 aliphatic rings. The number of hydrogen-bond acceptors (Lipinski definition) is 2. The SMILES string of the molecule is c1ccc(-c2nc(-c3ccc4c(c3)-c3ccccc3[Si]43c4ccccc4-c4ccccc43)c3c(n2)c2ccccc2n3-c2ccccc2)cc1. The lowest BCUT2D eigenvalue weighted by molar-refractivity contribution is 1.15. The molecule has 7 aromatic carbocycles. The van der Waals surface area contributed by atoms with Crippen molar-refractivity contribution in [2.75, 3.05) is 0 Å². The summed E-state index contributed by atoms with van der Waals surface area (Å²) >= 11 is 0. The molecule has 0 aliphatic carbocycles. The zero-order chi connectivity index (χ0) is 32.8. The first kappa shape index (κ1) is 27.6. The lowest BCUT2D eigenvalue weighted by atomic mass is 10.0. The molecule has 4 heteroatoms. The van der Waals surface area contributed by atoms with Crippen LogP contribution in [0.1, 0.15) is 0 Å². The van der Waals surface area contributed by atoms with Gasteiger partial charge in [-0.05, 0) is 67.3 Å². The molecule has 0 N–H and O–H groups in total. The van der Waals surface area contributed by atoms with Crippen LogP contribution in [-0.2, 0) is 0 Å². The number of para-hydroxylation sites is 2. The summed E-state index contributed by atoms with van der Waals surface area (Å²) in [5, 5.41) is 7.02. The maximum atomic E-state index is 5.44. The van der Waals surface area contributed by atoms with Crippen molar-refractivity contribution in [2.24, 2.45) is 0 Å². The average molecular weight is 652 g/mol. The van der Waals surface area contributed by atoms with Gasteiger partial charge in [0.15, 0.2) is 13.9 Å². The second-order valence-corrected chi connectivity index (χ2v) is 16.9. The second kappa shape index (κ2) is 10.3. The minimum absolute atomic E-state index is 0.731. The minimum atomic E-state index is -2.52. The van der Waals surface area contributed by atoms with Gasteiger partial charge in [0.05, 0.1) is 16.7 Å². The van der Waals surface area contributed by atoms with Gasteiger partial charge < -0.3 is 4.57 Å². The summed E-state index contributed by atoms with van der Waals surface area (Å²) in [7, 11) is -2.52. The van der Waals surface area contributed by atoms with Crippen molar-refractivity contribution in [3.63, 3.8) is 0 Å². The van der Waals surface area contributed by atoms with Crippen molar-refractivity contribution in [2.45, 2.75) is 0 Å². The third kappa shape index (κ3) is 3.58. The maximum Gasteiger partial charge on any atom is 0.182 e. The maximum absolute atomic E-state index is 5.44. The first-order valence-electron chi connectivity index (χ1n) is 17.2. The molecular formula is C46H29N3Si. The lowest BCUT2D eigenvalue weighted by Crippen LogP contribution is -2.70. The van der Waals surface area contributed by atoms with Gasteiger partial charge in [-0.3, -0.25) is 0 Å². The van der Waals surface area contributed by atoms with Crippen molar-refractivity contribution in [3.8, 4) is 50.6 Å². The van der Waals surface area contributed by atoms with Crippen molar-refractivity contribution in [3.05, 3.63) is 176 Å². The number of benzene rings is 7. The van der Waals surface area contributed by atoms with E-state index < -0.39 is 8.07 Å². The van der Waals surface area contributed by atoms with Crippen LogP contribution < -0.4 is 20.7 Å². The van der Waals surface area contributed by atoms with Crippen LogP contribution in [0.5, 0.6) is 0 Å². The number of nitrogens with zero attached hydrogens (tertiary/aromatic N) is 3. The van der Waals surface area contributed by atoms with Crippen molar-refractivity contribution in [1.82, 2.24) is 14.5 Å². The molecule has 0 amide bonds. The molecule has 1 spiro atoms. The molecule has 4 heterocycles. The highest BCUT2D eigenvalue weighted by Crippen LogP contribution is 2.41. The van der Waals surface area contributed by atoms with Gasteiger partial charge in [0.25, 0.3) is 0 Å². The van der Waals surface area contributed by atoms with E-state index in [9.17, 15) is 0 Å². The molecule has 2 aromatic heterocycles. The minimum Gasteiger partial charge on any atom is -0.306 e. The molecule has 0 saturated carbocycles. The number of rotatable bonds is 3. The first-order valence-corrected chi connectivity index (χ1v) is 19.2. The summed E-state index contributed by atoms with van der Waals surface area (Å²) in [6.07, 6.45) is 0. The Hall–Kier alpha value is -6.36. The highest BCUT2D eigenvalue weighted by atomic mass is 28.3. The summed E-state index contributed by atoms with van der Waals surface area (Å²) < 4.78 is 2.34. The highest BCUT2D eigenvalue weighted by molar-refractivity contribution is 7.24. The molecule has 0 atom stereocenters. The molecule has 0 radical (unpaired) electrons. The standard InChI is InChI=1S/C46H29N3Si/c1-3-15-30(16-4-1)46-47-43(45-44(48-46)36-22-7-11-23-38(36)49(45)32-17-5-2-6-18-32)31-27-28-42-37(29-31)35-21-10-14-26-41(35)50(42)39-24-12-8-19-33(39)34-20-9-13-25-40(34)50/h1-29H. The third-order valence-electron chi connectivity index (χ3n) is 10.8. The van der Waals surface area contributed by atoms with Gasteiger partial charge in [0.1, 0.15) is 5.52 Å². The van der Waals surface area contributed by atoms with E-state index >= 15 is 0 Å². The highest BCUT2D eigenvalue weighted by Gasteiger charge is 2.53. The summed E-state index contributed by atoms with van der Waals surface area (Å²) in [5.41, 5.74) is 12.6. The largest absolute Gasteiger partial charge is 0.306 e. The first-order chi connectivity index (χ1) is 24.8. The smallest absolute Gasteiger partial charge is 0.182 e. The molecule has 11 rings (SSSR count). The molecule has 0 fully saturated rings. The molecule has 0 unspecified atom stereocenters. The fourth-order valence-electron chi connectivity index (χ4n) is 8.85. The van der Waals surface area contributed by atoms with E-state index in [1.807, 2.05) is 6.07 Å². The van der Waals surface area contributed by atoms with Crippen molar-refractivity contribution < 1.29 is 0 Å². The van der Waals surface area contributed by atoms with E-state index in [0.29, 0.717) is 0 Å². The topological polar surface area (TPSA) is 30.7 Å². The summed E-state index contributed by atoms with van der Waals surface area (Å²) in [6, 6.07) is 64.1. The molecular weight excluding hydrogens is 623 g/mol. The van der Waals surface area contributed by atoms with Crippen LogP contribution in [0.4, 0.5) is 0 Å². The van der Waals surface area contributed by atoms with Gasteiger partial charge in [-0.1, -0.05) is 152 Å². The second-order valence-electron chi connectivity index (χ2n) is 13.3. The quantitative estimate of drug-likeness (QED) is 0.180. The van der Waals surface area contributed by atoms with E-state index in [-0.39, 0.29) is 0 Å². The van der Waals surface area contributed by atoms with Crippen molar-refractivity contribution >= 4 is 50.8 Å². The lowest BCUT2D eigenvalue weighted by Gasteiger charge is -2.27. The van der Waals surface area contributed by atoms with E-state index in [1.54, 1.807) is 0 Å². The Morgan fingerprint density at radius 1 is 0.420 bits per heavy atom. The van der Waals surface area contributed by atoms with Gasteiger partial charge in [-0.2, -0.15) is 0 Å². The van der Waals surface area contributed by atoms with Crippen molar-refractivity contribution in [1.29, 1.82) is 0 Å². The van der Waals surface area contributed by atoms with Crippen LogP contribution in [0.2, 0.25) is 0 Å². The van der Waals surface area contributed by atoms with E-state index in [1.165, 1.54) is 43.0 Å². The normalized spacial score (nSPS) is 13.4. The van der Waals surface area contributed by atoms with E-state index in [2.05, 4.69) is 174 Å². The van der Waals surface area contributed by atoms with Crippen LogP contribution in [-0.4, -0.2) is 22.6 Å². The fourth-order valence-corrected chi connectivity index (χ4v) is 14.4. The van der Waals surface area contributed by atoms with Gasteiger partial charge in [0, 0.05) is 22.2 Å². The van der Waals surface area contributed by atoms with Crippen LogP contribution in [0.15, 0.2) is 176 Å². The fraction of sp³-hybridized carbons (Fsp3) is 0. The van der Waals surface area contributed by atoms with Gasteiger partial charge in [-0.15, -0.1) is 0 Å². The van der Waals surface area contributed by atoms with Gasteiger partial charge in [0.2, 0.25) is 0 Å². The molecule has 0 saturated heterocycles. The molecule has 3 nitrogen and oxygen atoms in total. The number of aromatic nitrogens is 3. The zero-order valence-corrected chi connectivity index (χ0v) is 28.1. The zero-order valence-electron chi connectivity index (χ0n) is 27.1. The molecule has 0 bridgehead atoms. The van der Waals surface area contributed by atoms with E-state index in [0.717, 1.165) is 50.3 Å². The molecule has 2 aliphatic heterocycles. The van der Waals surface area contributed by atoms with Gasteiger partial charge >= 0.3 is 0 Å². The Labute approximate surface area is 290 Å². The Bertz CT molecular complexity index is 2770. The molecule has 232 valence electrons. The Balaban J connectivity index is 1.25. The Kier molecular flexibility index (Phi) is 5.69. The van der Waals surface area contributed by atoms with Crippen LogP contribution in [0, 0.1) is 0 Å². The predicted octanol–water partition coefficient (Wildman–Crippen LogP) is 8.25. The monoisotopic (exact) mass is 651 g/mol. The predicted molar refractivity (Wildman–Crippen MR) is 209 cm³/mol. The molecule has 50 heavy (non-hydrogen) atoms. The number of hydrogen-bond donors (Lipinski definition) is 0. The Morgan fingerprint density at radius 2 is 0.960 bits per heavy atom. The van der Waals surface area contributed by atoms with Gasteiger partial charge in [-0.25, -0.2) is 9.97 Å². The van der Waals surface area contributed by atoms with Crippen LogP contribution in [0.25, 0.3) is 72.5 Å².